The van der Waals surface area contributed by atoms with Crippen LogP contribution in [-0.2, 0) is 0 Å². The molecule has 0 aliphatic heterocycles. The molecule has 3 rings (SSSR count). The molecule has 0 spiro atoms. The topological polar surface area (TPSA) is 109 Å². The first-order chi connectivity index (χ1) is 15.3. The first-order valence-corrected chi connectivity index (χ1v) is 11.7. The number of rotatable bonds is 8. The van der Waals surface area contributed by atoms with Gasteiger partial charge in [0.05, 0.1) is 11.1 Å². The van der Waals surface area contributed by atoms with Gasteiger partial charge in [-0.3, -0.25) is 9.59 Å². The summed E-state index contributed by atoms with van der Waals surface area (Å²) >= 11 is 2.64. The highest BCUT2D eigenvalue weighted by Gasteiger charge is 2.28. The third-order valence-electron chi connectivity index (χ3n) is 4.81. The smallest absolute Gasteiger partial charge is 0.336 e. The minimum absolute atomic E-state index is 0.242. The fraction of sp³-hybridized carbons (Fsp3) is 0.0833. The van der Waals surface area contributed by atoms with Gasteiger partial charge in [0.2, 0.25) is 0 Å². The number of benzene rings is 3. The molecule has 0 radical (unpaired) electrons. The van der Waals surface area contributed by atoms with Gasteiger partial charge < -0.3 is 10.2 Å². The molecule has 2 N–H and O–H groups in total. The van der Waals surface area contributed by atoms with Gasteiger partial charge in [-0.2, -0.15) is 0 Å². The van der Waals surface area contributed by atoms with Gasteiger partial charge in [-0.15, -0.1) is 23.5 Å². The highest BCUT2D eigenvalue weighted by atomic mass is 32.2. The van der Waals surface area contributed by atoms with Crippen LogP contribution < -0.4 is 0 Å². The van der Waals surface area contributed by atoms with Crippen molar-refractivity contribution in [3.8, 4) is 0 Å². The predicted molar refractivity (Wildman–Crippen MR) is 124 cm³/mol. The summed E-state index contributed by atoms with van der Waals surface area (Å²) in [5.74, 6) is -4.12. The maximum atomic E-state index is 13.3. The van der Waals surface area contributed by atoms with Crippen molar-refractivity contribution >= 4 is 47.0 Å². The van der Waals surface area contributed by atoms with Crippen LogP contribution in [0.3, 0.4) is 0 Å². The van der Waals surface area contributed by atoms with Crippen molar-refractivity contribution in [2.75, 3.05) is 12.5 Å². The van der Waals surface area contributed by atoms with Crippen molar-refractivity contribution < 1.29 is 29.4 Å². The standard InChI is InChI=1S/C24H18O6S2/c1-31-19-9-5-3-7-13(19)21(25)15-11-16(18(24(29)30)12-17(15)23(27)28)22(26)14-8-4-6-10-20(14)32-2/h3-12H,1-2H3,(H,27,28)(H,29,30). The van der Waals surface area contributed by atoms with E-state index >= 15 is 0 Å². The van der Waals surface area contributed by atoms with Crippen LogP contribution in [0.15, 0.2) is 70.5 Å². The molecule has 0 heterocycles. The Bertz CT molecular complexity index is 1160. The quantitative estimate of drug-likeness (QED) is 0.353. The number of hydrogen-bond acceptors (Lipinski definition) is 6. The number of ketones is 2. The summed E-state index contributed by atoms with van der Waals surface area (Å²) in [7, 11) is 0. The zero-order valence-electron chi connectivity index (χ0n) is 17.1. The lowest BCUT2D eigenvalue weighted by Gasteiger charge is -2.14. The molecule has 6 nitrogen and oxygen atoms in total. The monoisotopic (exact) mass is 466 g/mol. The number of carboxylic acids is 2. The SMILES string of the molecule is CSc1ccccc1C(=O)c1cc(C(=O)c2ccccc2SC)c(C(=O)O)cc1C(=O)O. The molecule has 3 aromatic carbocycles. The average molecular weight is 467 g/mol. The van der Waals surface area contributed by atoms with Gasteiger partial charge in [0, 0.05) is 32.0 Å². The van der Waals surface area contributed by atoms with E-state index in [1.54, 1.807) is 61.0 Å². The van der Waals surface area contributed by atoms with E-state index in [2.05, 4.69) is 0 Å². The van der Waals surface area contributed by atoms with Crippen molar-refractivity contribution in [1.82, 2.24) is 0 Å². The van der Waals surface area contributed by atoms with Crippen molar-refractivity contribution in [1.29, 1.82) is 0 Å². The van der Waals surface area contributed by atoms with Crippen LogP contribution in [0.25, 0.3) is 0 Å². The van der Waals surface area contributed by atoms with E-state index in [1.165, 1.54) is 23.5 Å². The van der Waals surface area contributed by atoms with Gasteiger partial charge in [-0.25, -0.2) is 9.59 Å². The molecule has 0 atom stereocenters. The Hall–Kier alpha value is -3.36. The Morgan fingerprint density at radius 1 is 0.562 bits per heavy atom. The molecule has 0 aliphatic carbocycles. The summed E-state index contributed by atoms with van der Waals surface area (Å²) in [4.78, 5) is 51.7. The number of thioether (sulfide) groups is 2. The van der Waals surface area contributed by atoms with Crippen LogP contribution in [0.1, 0.15) is 52.6 Å². The van der Waals surface area contributed by atoms with Gasteiger partial charge in [0.15, 0.2) is 11.6 Å². The molecular weight excluding hydrogens is 448 g/mol. The number of carbonyl (C=O) groups is 4. The molecule has 8 heteroatoms. The van der Waals surface area contributed by atoms with Crippen molar-refractivity contribution in [2.24, 2.45) is 0 Å². The number of carbonyl (C=O) groups excluding carboxylic acids is 2. The molecule has 3 aromatic rings. The second-order valence-corrected chi connectivity index (χ2v) is 8.31. The molecule has 0 saturated heterocycles. The van der Waals surface area contributed by atoms with Gasteiger partial charge in [-0.1, -0.05) is 24.3 Å². The van der Waals surface area contributed by atoms with Gasteiger partial charge in [-0.05, 0) is 48.9 Å². The lowest BCUT2D eigenvalue weighted by atomic mass is 9.90. The van der Waals surface area contributed by atoms with Gasteiger partial charge >= 0.3 is 11.9 Å². The summed E-state index contributed by atoms with van der Waals surface area (Å²) in [5, 5.41) is 19.4. The fourth-order valence-electron chi connectivity index (χ4n) is 3.28. The first kappa shape index (κ1) is 23.3. The summed E-state index contributed by atoms with van der Waals surface area (Å²) in [5.41, 5.74) is -0.888. The molecule has 162 valence electrons. The zero-order chi connectivity index (χ0) is 23.4. The van der Waals surface area contributed by atoms with E-state index < -0.39 is 34.6 Å². The van der Waals surface area contributed by atoms with Gasteiger partial charge in [0.1, 0.15) is 0 Å². The first-order valence-electron chi connectivity index (χ1n) is 9.30. The van der Waals surface area contributed by atoms with E-state index in [0.29, 0.717) is 9.79 Å². The van der Waals surface area contributed by atoms with Crippen molar-refractivity contribution in [3.05, 3.63) is 94.0 Å². The van der Waals surface area contributed by atoms with Crippen LogP contribution in [0.2, 0.25) is 0 Å². The third kappa shape index (κ3) is 4.46. The van der Waals surface area contributed by atoms with Gasteiger partial charge in [0.25, 0.3) is 0 Å². The molecule has 0 aromatic heterocycles. The summed E-state index contributed by atoms with van der Waals surface area (Å²) < 4.78 is 0. The van der Waals surface area contributed by atoms with E-state index in [-0.39, 0.29) is 22.3 Å². The summed E-state index contributed by atoms with van der Waals surface area (Å²) in [6.45, 7) is 0. The molecule has 0 aliphatic rings. The molecule has 32 heavy (non-hydrogen) atoms. The number of hydrogen-bond donors (Lipinski definition) is 2. The Labute approximate surface area is 192 Å². The van der Waals surface area contributed by atoms with Crippen LogP contribution in [0.4, 0.5) is 0 Å². The maximum Gasteiger partial charge on any atom is 0.336 e. The van der Waals surface area contributed by atoms with E-state index in [9.17, 15) is 29.4 Å². The second-order valence-electron chi connectivity index (χ2n) is 6.61. The van der Waals surface area contributed by atoms with Crippen molar-refractivity contribution in [3.63, 3.8) is 0 Å². The van der Waals surface area contributed by atoms with E-state index in [1.807, 2.05) is 0 Å². The van der Waals surface area contributed by atoms with Crippen LogP contribution in [0, 0.1) is 0 Å². The largest absolute Gasteiger partial charge is 0.478 e. The average Bonchev–Trinajstić information content (AvgIpc) is 2.81. The third-order valence-corrected chi connectivity index (χ3v) is 6.40. The summed E-state index contributed by atoms with van der Waals surface area (Å²) in [6, 6.07) is 15.4. The Morgan fingerprint density at radius 2 is 0.906 bits per heavy atom. The minimum atomic E-state index is -1.46. The molecule has 0 fully saturated rings. The Kier molecular flexibility index (Phi) is 7.17. The number of carboxylic acid groups (broad SMARTS) is 2. The predicted octanol–water partition coefficient (Wildman–Crippen LogP) is 4.99. The van der Waals surface area contributed by atoms with Crippen LogP contribution in [0.5, 0.6) is 0 Å². The molecule has 0 bridgehead atoms. The molecule has 0 amide bonds. The van der Waals surface area contributed by atoms with Crippen LogP contribution >= 0.6 is 23.5 Å². The highest BCUT2D eigenvalue weighted by molar-refractivity contribution is 7.99. The Balaban J connectivity index is 2.29. The van der Waals surface area contributed by atoms with Crippen molar-refractivity contribution in [2.45, 2.75) is 9.79 Å². The van der Waals surface area contributed by atoms with Crippen LogP contribution in [-0.4, -0.2) is 46.2 Å². The highest BCUT2D eigenvalue weighted by Crippen LogP contribution is 2.29. The Morgan fingerprint density at radius 3 is 1.25 bits per heavy atom. The van der Waals surface area contributed by atoms with E-state index in [4.69, 9.17) is 0 Å². The fourth-order valence-corrected chi connectivity index (χ4v) is 4.47. The lowest BCUT2D eigenvalue weighted by Crippen LogP contribution is -2.17. The minimum Gasteiger partial charge on any atom is -0.478 e. The maximum absolute atomic E-state index is 13.3. The molecule has 0 unspecified atom stereocenters. The zero-order valence-corrected chi connectivity index (χ0v) is 18.8. The normalized spacial score (nSPS) is 10.6. The second kappa shape index (κ2) is 9.84. The molecule has 0 saturated carbocycles. The lowest BCUT2D eigenvalue weighted by molar-refractivity contribution is 0.0690. The number of aromatic carboxylic acids is 2. The van der Waals surface area contributed by atoms with E-state index in [0.717, 1.165) is 12.1 Å². The molecular formula is C24H18O6S2. The summed E-state index contributed by atoms with van der Waals surface area (Å²) in [6.07, 6.45) is 3.57.